The predicted molar refractivity (Wildman–Crippen MR) is 124 cm³/mol. The van der Waals surface area contributed by atoms with Gasteiger partial charge in [0.05, 0.1) is 6.04 Å². The number of rotatable bonds is 6. The zero-order valence-electron chi connectivity index (χ0n) is 17.4. The number of nitrogens with zero attached hydrogens (tertiary/aromatic N) is 2. The molecule has 4 aromatic rings. The van der Waals surface area contributed by atoms with Crippen LogP contribution in [0.2, 0.25) is 0 Å². The molecule has 5 nitrogen and oxygen atoms in total. The second kappa shape index (κ2) is 9.24. The molecule has 1 unspecified atom stereocenters. The van der Waals surface area contributed by atoms with Crippen molar-refractivity contribution in [2.24, 2.45) is 0 Å². The SMILES string of the molecule is O=C(COc1cccc(Oc2ccccn2)c1)N1CCc2sccc2C1c1ccccc1. The van der Waals surface area contributed by atoms with Gasteiger partial charge >= 0.3 is 0 Å². The zero-order chi connectivity index (χ0) is 21.8. The summed E-state index contributed by atoms with van der Waals surface area (Å²) in [7, 11) is 0. The average Bonchev–Trinajstić information content (AvgIpc) is 3.32. The van der Waals surface area contributed by atoms with E-state index in [1.165, 1.54) is 10.4 Å². The minimum Gasteiger partial charge on any atom is -0.484 e. The first-order valence-corrected chi connectivity index (χ1v) is 11.4. The molecule has 0 saturated heterocycles. The summed E-state index contributed by atoms with van der Waals surface area (Å²) in [5.41, 5.74) is 2.33. The standard InChI is InChI=1S/C26H22N2O3S/c29-25(18-30-20-9-6-10-21(17-20)31-24-11-4-5-14-27-24)28-15-12-23-22(13-16-32-23)26(28)19-7-2-1-3-8-19/h1-11,13-14,16-17,26H,12,15,18H2. The highest BCUT2D eigenvalue weighted by Crippen LogP contribution is 2.37. The number of benzene rings is 2. The van der Waals surface area contributed by atoms with Gasteiger partial charge in [-0.2, -0.15) is 0 Å². The van der Waals surface area contributed by atoms with E-state index in [4.69, 9.17) is 9.47 Å². The molecule has 0 fully saturated rings. The molecule has 5 rings (SSSR count). The molecule has 6 heteroatoms. The first kappa shape index (κ1) is 20.3. The van der Waals surface area contributed by atoms with E-state index in [1.807, 2.05) is 53.4 Å². The van der Waals surface area contributed by atoms with Gasteiger partial charge in [0.25, 0.3) is 5.91 Å². The first-order valence-electron chi connectivity index (χ1n) is 10.5. The van der Waals surface area contributed by atoms with E-state index < -0.39 is 0 Å². The van der Waals surface area contributed by atoms with E-state index in [0.29, 0.717) is 23.9 Å². The van der Waals surface area contributed by atoms with Crippen LogP contribution in [0.25, 0.3) is 0 Å². The molecule has 1 amide bonds. The van der Waals surface area contributed by atoms with E-state index in [1.54, 1.807) is 29.7 Å². The molecule has 2 aromatic heterocycles. The summed E-state index contributed by atoms with van der Waals surface area (Å²) < 4.78 is 11.6. The van der Waals surface area contributed by atoms with E-state index in [0.717, 1.165) is 12.0 Å². The van der Waals surface area contributed by atoms with Gasteiger partial charge in [-0.1, -0.05) is 42.5 Å². The molecule has 1 aliphatic rings. The molecule has 0 radical (unpaired) electrons. The summed E-state index contributed by atoms with van der Waals surface area (Å²) in [6, 6.07) is 25.0. The van der Waals surface area contributed by atoms with Crippen LogP contribution in [0.3, 0.4) is 0 Å². The van der Waals surface area contributed by atoms with Crippen molar-refractivity contribution >= 4 is 17.2 Å². The normalized spacial score (nSPS) is 15.1. The van der Waals surface area contributed by atoms with Gasteiger partial charge in [-0.15, -0.1) is 11.3 Å². The summed E-state index contributed by atoms with van der Waals surface area (Å²) in [6.45, 7) is 0.647. The maximum atomic E-state index is 13.2. The fourth-order valence-electron chi connectivity index (χ4n) is 3.96. The summed E-state index contributed by atoms with van der Waals surface area (Å²) >= 11 is 1.76. The lowest BCUT2D eigenvalue weighted by atomic mass is 9.93. The number of hydrogen-bond donors (Lipinski definition) is 0. The van der Waals surface area contributed by atoms with Crippen LogP contribution in [0.4, 0.5) is 0 Å². The largest absolute Gasteiger partial charge is 0.484 e. The molecular formula is C26H22N2O3S. The van der Waals surface area contributed by atoms with Gasteiger partial charge in [0.15, 0.2) is 6.61 Å². The first-order chi connectivity index (χ1) is 15.8. The lowest BCUT2D eigenvalue weighted by Crippen LogP contribution is -2.42. The van der Waals surface area contributed by atoms with Crippen molar-refractivity contribution in [3.63, 3.8) is 0 Å². The van der Waals surface area contributed by atoms with E-state index >= 15 is 0 Å². The van der Waals surface area contributed by atoms with Crippen LogP contribution in [0.1, 0.15) is 22.0 Å². The number of pyridine rings is 1. The van der Waals surface area contributed by atoms with Gasteiger partial charge in [-0.05, 0) is 47.2 Å². The molecule has 0 spiro atoms. The van der Waals surface area contributed by atoms with Gasteiger partial charge in [0.1, 0.15) is 11.5 Å². The predicted octanol–water partition coefficient (Wildman–Crippen LogP) is 5.49. The molecule has 32 heavy (non-hydrogen) atoms. The monoisotopic (exact) mass is 442 g/mol. The maximum Gasteiger partial charge on any atom is 0.261 e. The van der Waals surface area contributed by atoms with Gasteiger partial charge in [-0.3, -0.25) is 4.79 Å². The molecule has 2 aromatic carbocycles. The Kier molecular flexibility index (Phi) is 5.85. The third-order valence-electron chi connectivity index (χ3n) is 5.43. The van der Waals surface area contributed by atoms with Crippen molar-refractivity contribution in [3.05, 3.63) is 106 Å². The van der Waals surface area contributed by atoms with Crippen molar-refractivity contribution in [1.82, 2.24) is 9.88 Å². The Morgan fingerprint density at radius 3 is 2.69 bits per heavy atom. The van der Waals surface area contributed by atoms with E-state index in [9.17, 15) is 4.79 Å². The topological polar surface area (TPSA) is 51.7 Å². The Morgan fingerprint density at radius 1 is 1.00 bits per heavy atom. The van der Waals surface area contributed by atoms with Gasteiger partial charge in [0.2, 0.25) is 5.88 Å². The van der Waals surface area contributed by atoms with Crippen molar-refractivity contribution < 1.29 is 14.3 Å². The third-order valence-corrected chi connectivity index (χ3v) is 6.43. The Balaban J connectivity index is 1.30. The van der Waals surface area contributed by atoms with Crippen molar-refractivity contribution in [2.45, 2.75) is 12.5 Å². The number of thiophene rings is 1. The molecular weight excluding hydrogens is 420 g/mol. The van der Waals surface area contributed by atoms with Gasteiger partial charge < -0.3 is 14.4 Å². The maximum absolute atomic E-state index is 13.2. The number of fused-ring (bicyclic) bond motifs is 1. The third kappa shape index (κ3) is 4.36. The number of ether oxygens (including phenoxy) is 2. The highest BCUT2D eigenvalue weighted by Gasteiger charge is 2.32. The van der Waals surface area contributed by atoms with Gasteiger partial charge in [0, 0.05) is 29.8 Å². The Bertz CT molecular complexity index is 1190. The lowest BCUT2D eigenvalue weighted by molar-refractivity contribution is -0.135. The number of aromatic nitrogens is 1. The van der Waals surface area contributed by atoms with Crippen molar-refractivity contribution in [1.29, 1.82) is 0 Å². The second-order valence-corrected chi connectivity index (χ2v) is 8.48. The number of hydrogen-bond acceptors (Lipinski definition) is 5. The zero-order valence-corrected chi connectivity index (χ0v) is 18.2. The van der Waals surface area contributed by atoms with E-state index in [2.05, 4.69) is 28.6 Å². The molecule has 1 aliphatic heterocycles. The molecule has 0 N–H and O–H groups in total. The number of carbonyl (C=O) groups excluding carboxylic acids is 1. The van der Waals surface area contributed by atoms with Crippen LogP contribution < -0.4 is 9.47 Å². The molecule has 0 saturated carbocycles. The smallest absolute Gasteiger partial charge is 0.261 e. The molecule has 3 heterocycles. The summed E-state index contributed by atoms with van der Waals surface area (Å²) in [5, 5.41) is 2.11. The highest BCUT2D eigenvalue weighted by molar-refractivity contribution is 7.10. The Morgan fingerprint density at radius 2 is 1.84 bits per heavy atom. The summed E-state index contributed by atoms with van der Waals surface area (Å²) in [5.74, 6) is 1.66. The van der Waals surface area contributed by atoms with Crippen LogP contribution >= 0.6 is 11.3 Å². The van der Waals surface area contributed by atoms with Crippen molar-refractivity contribution in [2.75, 3.05) is 13.2 Å². The molecule has 0 aliphatic carbocycles. The molecule has 160 valence electrons. The lowest BCUT2D eigenvalue weighted by Gasteiger charge is -2.36. The van der Waals surface area contributed by atoms with Crippen LogP contribution in [-0.4, -0.2) is 28.9 Å². The number of carbonyl (C=O) groups is 1. The fourth-order valence-corrected chi connectivity index (χ4v) is 4.87. The van der Waals surface area contributed by atoms with E-state index in [-0.39, 0.29) is 18.6 Å². The van der Waals surface area contributed by atoms with Crippen LogP contribution in [-0.2, 0) is 11.2 Å². The average molecular weight is 443 g/mol. The minimum atomic E-state index is -0.0823. The number of amides is 1. The Labute approximate surface area is 190 Å². The summed E-state index contributed by atoms with van der Waals surface area (Å²) in [4.78, 5) is 20.7. The second-order valence-electron chi connectivity index (χ2n) is 7.48. The highest BCUT2D eigenvalue weighted by atomic mass is 32.1. The quantitative estimate of drug-likeness (QED) is 0.396. The van der Waals surface area contributed by atoms with Crippen molar-refractivity contribution in [3.8, 4) is 17.4 Å². The Hall–Kier alpha value is -3.64. The fraction of sp³-hybridized carbons (Fsp3) is 0.154. The molecule has 1 atom stereocenters. The minimum absolute atomic E-state index is 0.0319. The van der Waals surface area contributed by atoms with Crippen LogP contribution in [0.15, 0.2) is 90.4 Å². The van der Waals surface area contributed by atoms with Crippen LogP contribution in [0.5, 0.6) is 17.4 Å². The summed E-state index contributed by atoms with van der Waals surface area (Å²) in [6.07, 6.45) is 2.55. The van der Waals surface area contributed by atoms with Crippen LogP contribution in [0, 0.1) is 0 Å². The van der Waals surface area contributed by atoms with Gasteiger partial charge in [-0.25, -0.2) is 4.98 Å². The molecule has 0 bridgehead atoms.